The van der Waals surface area contributed by atoms with Crippen molar-refractivity contribution in [2.45, 2.75) is 19.3 Å². The molecule has 1 fully saturated rings. The highest BCUT2D eigenvalue weighted by Crippen LogP contribution is 2.16. The van der Waals surface area contributed by atoms with Crippen molar-refractivity contribution in [3.05, 3.63) is 0 Å². The number of nitrogens with two attached hydrogens (primary N) is 1. The molecule has 0 unspecified atom stereocenters. The lowest BCUT2D eigenvalue weighted by atomic mass is 9.97. The SMILES string of the molecule is CN(CCCNC(=O)[C@H]1CCCN(C(N)=O)C1)S(C)(=O)=O. The normalized spacial score (nSPS) is 19.6. The number of carbonyl (C=O) groups excluding carboxylic acids is 2. The van der Waals surface area contributed by atoms with E-state index in [2.05, 4.69) is 5.32 Å². The molecule has 1 saturated heterocycles. The Morgan fingerprint density at radius 3 is 2.67 bits per heavy atom. The maximum Gasteiger partial charge on any atom is 0.314 e. The Labute approximate surface area is 125 Å². The third kappa shape index (κ3) is 5.88. The number of primary amides is 1. The molecule has 9 heteroatoms. The minimum Gasteiger partial charge on any atom is -0.356 e. The molecule has 0 spiro atoms. The molecule has 8 nitrogen and oxygen atoms in total. The Morgan fingerprint density at radius 2 is 2.10 bits per heavy atom. The first-order valence-electron chi connectivity index (χ1n) is 6.95. The average molecular weight is 320 g/mol. The summed E-state index contributed by atoms with van der Waals surface area (Å²) in [5, 5.41) is 2.78. The maximum atomic E-state index is 12.0. The largest absolute Gasteiger partial charge is 0.356 e. The van der Waals surface area contributed by atoms with Crippen molar-refractivity contribution in [1.82, 2.24) is 14.5 Å². The number of rotatable bonds is 6. The maximum absolute atomic E-state index is 12.0. The Bertz CT molecular complexity index is 480. The number of likely N-dealkylation sites (tertiary alicyclic amines) is 1. The van der Waals surface area contributed by atoms with E-state index in [4.69, 9.17) is 5.73 Å². The lowest BCUT2D eigenvalue weighted by molar-refractivity contribution is -0.126. The molecule has 3 N–H and O–H groups in total. The Hall–Kier alpha value is -1.35. The molecule has 0 bridgehead atoms. The summed E-state index contributed by atoms with van der Waals surface area (Å²) in [6.07, 6.45) is 3.18. The zero-order chi connectivity index (χ0) is 16.0. The van der Waals surface area contributed by atoms with E-state index >= 15 is 0 Å². The number of urea groups is 1. The fourth-order valence-corrected chi connectivity index (χ4v) is 2.68. The van der Waals surface area contributed by atoms with Gasteiger partial charge in [0.2, 0.25) is 15.9 Å². The van der Waals surface area contributed by atoms with Crippen molar-refractivity contribution in [2.75, 3.05) is 39.5 Å². The molecule has 21 heavy (non-hydrogen) atoms. The third-order valence-corrected chi connectivity index (χ3v) is 4.93. The number of sulfonamides is 1. The van der Waals surface area contributed by atoms with Crippen LogP contribution in [-0.4, -0.2) is 69.0 Å². The number of hydrogen-bond donors (Lipinski definition) is 2. The summed E-state index contributed by atoms with van der Waals surface area (Å²) in [6, 6.07) is -0.498. The van der Waals surface area contributed by atoms with Crippen molar-refractivity contribution in [1.29, 1.82) is 0 Å². The minimum atomic E-state index is -3.18. The fraction of sp³-hybridized carbons (Fsp3) is 0.833. The van der Waals surface area contributed by atoms with Crippen molar-refractivity contribution in [2.24, 2.45) is 11.7 Å². The second kappa shape index (κ2) is 7.60. The first kappa shape index (κ1) is 17.7. The molecule has 0 radical (unpaired) electrons. The third-order valence-electron chi connectivity index (χ3n) is 3.62. The highest BCUT2D eigenvalue weighted by molar-refractivity contribution is 7.88. The molecular weight excluding hydrogens is 296 g/mol. The number of hydrogen-bond acceptors (Lipinski definition) is 4. The van der Waals surface area contributed by atoms with E-state index in [-0.39, 0.29) is 11.8 Å². The molecule has 0 aromatic heterocycles. The smallest absolute Gasteiger partial charge is 0.314 e. The monoisotopic (exact) mass is 320 g/mol. The predicted octanol–water partition coefficient (Wildman–Crippen LogP) is -0.825. The number of nitrogens with one attached hydrogen (secondary N) is 1. The highest BCUT2D eigenvalue weighted by atomic mass is 32.2. The molecule has 1 heterocycles. The van der Waals surface area contributed by atoms with Crippen LogP contribution in [0.4, 0.5) is 4.79 Å². The van der Waals surface area contributed by atoms with Crippen molar-refractivity contribution in [3.8, 4) is 0 Å². The number of piperidine rings is 1. The lowest BCUT2D eigenvalue weighted by Crippen LogP contribution is -2.47. The van der Waals surface area contributed by atoms with Gasteiger partial charge in [-0.15, -0.1) is 0 Å². The topological polar surface area (TPSA) is 113 Å². The molecule has 1 rings (SSSR count). The van der Waals surface area contributed by atoms with E-state index in [1.54, 1.807) is 0 Å². The van der Waals surface area contributed by atoms with Gasteiger partial charge in [0.05, 0.1) is 12.2 Å². The van der Waals surface area contributed by atoms with Gasteiger partial charge in [0, 0.05) is 33.2 Å². The van der Waals surface area contributed by atoms with Gasteiger partial charge in [-0.1, -0.05) is 0 Å². The molecule has 0 aromatic rings. The van der Waals surface area contributed by atoms with E-state index < -0.39 is 16.1 Å². The molecule has 3 amide bonds. The first-order valence-corrected chi connectivity index (χ1v) is 8.80. The molecule has 1 aliphatic heterocycles. The molecule has 1 atom stereocenters. The van der Waals surface area contributed by atoms with Crippen molar-refractivity contribution < 1.29 is 18.0 Å². The lowest BCUT2D eigenvalue weighted by Gasteiger charge is -2.30. The van der Waals surface area contributed by atoms with Gasteiger partial charge in [-0.05, 0) is 19.3 Å². The van der Waals surface area contributed by atoms with Gasteiger partial charge in [0.15, 0.2) is 0 Å². The molecule has 0 aromatic carbocycles. The van der Waals surface area contributed by atoms with Crippen LogP contribution in [0.25, 0.3) is 0 Å². The Morgan fingerprint density at radius 1 is 1.43 bits per heavy atom. The van der Waals surface area contributed by atoms with Crippen LogP contribution in [0.15, 0.2) is 0 Å². The number of carbonyl (C=O) groups is 2. The van der Waals surface area contributed by atoms with E-state index in [1.807, 2.05) is 0 Å². The fourth-order valence-electron chi connectivity index (χ4n) is 2.21. The zero-order valence-corrected chi connectivity index (χ0v) is 13.4. The summed E-state index contributed by atoms with van der Waals surface area (Å²) in [5.74, 6) is -0.346. The van der Waals surface area contributed by atoms with Crippen LogP contribution in [0.2, 0.25) is 0 Å². The van der Waals surface area contributed by atoms with E-state index in [1.165, 1.54) is 16.3 Å². The second-order valence-corrected chi connectivity index (χ2v) is 7.44. The van der Waals surface area contributed by atoms with Crippen LogP contribution in [0, 0.1) is 5.92 Å². The van der Waals surface area contributed by atoms with Crippen LogP contribution >= 0.6 is 0 Å². The van der Waals surface area contributed by atoms with Gasteiger partial charge < -0.3 is 16.0 Å². The van der Waals surface area contributed by atoms with Crippen molar-refractivity contribution in [3.63, 3.8) is 0 Å². The summed E-state index contributed by atoms with van der Waals surface area (Å²) in [7, 11) is -1.68. The summed E-state index contributed by atoms with van der Waals surface area (Å²) < 4.78 is 23.6. The van der Waals surface area contributed by atoms with Gasteiger partial charge >= 0.3 is 6.03 Å². The summed E-state index contributed by atoms with van der Waals surface area (Å²) in [4.78, 5) is 24.6. The molecule has 122 valence electrons. The Kier molecular flexibility index (Phi) is 6.41. The summed E-state index contributed by atoms with van der Waals surface area (Å²) in [6.45, 7) is 1.71. The second-order valence-electron chi connectivity index (χ2n) is 5.35. The highest BCUT2D eigenvalue weighted by Gasteiger charge is 2.27. The zero-order valence-electron chi connectivity index (χ0n) is 12.5. The van der Waals surface area contributed by atoms with E-state index in [0.717, 1.165) is 19.1 Å². The number of amides is 3. The summed E-state index contributed by atoms with van der Waals surface area (Å²) in [5.41, 5.74) is 5.22. The van der Waals surface area contributed by atoms with E-state index in [0.29, 0.717) is 32.6 Å². The van der Waals surface area contributed by atoms with Gasteiger partial charge in [0.25, 0.3) is 0 Å². The van der Waals surface area contributed by atoms with E-state index in [9.17, 15) is 18.0 Å². The van der Waals surface area contributed by atoms with Gasteiger partial charge in [-0.2, -0.15) is 0 Å². The number of nitrogens with zero attached hydrogens (tertiary/aromatic N) is 2. The van der Waals surface area contributed by atoms with Crippen molar-refractivity contribution >= 4 is 22.0 Å². The summed E-state index contributed by atoms with van der Waals surface area (Å²) >= 11 is 0. The molecule has 0 aliphatic carbocycles. The van der Waals surface area contributed by atoms with Crippen LogP contribution < -0.4 is 11.1 Å². The van der Waals surface area contributed by atoms with Crippen LogP contribution in [0.5, 0.6) is 0 Å². The molecular formula is C12H24N4O4S. The Balaban J connectivity index is 2.29. The van der Waals surface area contributed by atoms with Crippen LogP contribution in [-0.2, 0) is 14.8 Å². The van der Waals surface area contributed by atoms with Crippen LogP contribution in [0.3, 0.4) is 0 Å². The van der Waals surface area contributed by atoms with Gasteiger partial charge in [-0.3, -0.25) is 4.79 Å². The van der Waals surface area contributed by atoms with Gasteiger partial charge in [0.1, 0.15) is 0 Å². The van der Waals surface area contributed by atoms with Crippen LogP contribution in [0.1, 0.15) is 19.3 Å². The average Bonchev–Trinajstić information content (AvgIpc) is 2.42. The molecule has 1 aliphatic rings. The quantitative estimate of drug-likeness (QED) is 0.622. The minimum absolute atomic E-state index is 0.108. The molecule has 0 saturated carbocycles. The van der Waals surface area contributed by atoms with Gasteiger partial charge in [-0.25, -0.2) is 17.5 Å². The first-order chi connectivity index (χ1) is 9.71. The predicted molar refractivity (Wildman–Crippen MR) is 79.0 cm³/mol. The standard InChI is InChI=1S/C12H24N4O4S/c1-15(21(2,19)20)7-4-6-14-11(17)10-5-3-8-16(9-10)12(13)18/h10H,3-9H2,1-2H3,(H2,13,18)(H,14,17)/t10-/m0/s1.